The van der Waals surface area contributed by atoms with E-state index in [0.29, 0.717) is 11.6 Å². The molecule has 3 N–H and O–H groups in total. The average Bonchev–Trinajstić information content (AvgIpc) is 2.63. The van der Waals surface area contributed by atoms with Gasteiger partial charge in [-0.25, -0.2) is 0 Å². The fourth-order valence-electron chi connectivity index (χ4n) is 3.00. The third-order valence-corrected chi connectivity index (χ3v) is 5.69. The highest BCUT2D eigenvalue weighted by Gasteiger charge is 2.23. The summed E-state index contributed by atoms with van der Waals surface area (Å²) in [7, 11) is 0.843. The third kappa shape index (κ3) is 2.86. The normalized spacial score (nSPS) is 15.4. The van der Waals surface area contributed by atoms with Crippen LogP contribution in [-0.2, 0) is 15.6 Å². The monoisotopic (exact) mass is 372 g/mol. The topological polar surface area (TPSA) is 70.0 Å². The second-order valence-electron chi connectivity index (χ2n) is 5.72. The summed E-state index contributed by atoms with van der Waals surface area (Å²) in [6.07, 6.45) is 1.75. The van der Waals surface area contributed by atoms with Gasteiger partial charge in [0.1, 0.15) is 0 Å². The van der Waals surface area contributed by atoms with Crippen LogP contribution in [0.4, 0.5) is 11.4 Å². The number of halogens is 1. The van der Waals surface area contributed by atoms with Gasteiger partial charge in [0, 0.05) is 57.8 Å². The number of nitrogens with one attached hydrogen (secondary N) is 3. The first-order valence-electron chi connectivity index (χ1n) is 7.85. The van der Waals surface area contributed by atoms with E-state index in [1.165, 1.54) is 0 Å². The van der Waals surface area contributed by atoms with Crippen LogP contribution < -0.4 is 10.0 Å². The van der Waals surface area contributed by atoms with Crippen molar-refractivity contribution in [3.8, 4) is 11.1 Å². The molecule has 0 radical (unpaired) electrons. The number of nitrogens with zero attached hydrogens (tertiary/aromatic N) is 1. The van der Waals surface area contributed by atoms with Crippen molar-refractivity contribution in [2.75, 3.05) is 30.3 Å². The fourth-order valence-corrected chi connectivity index (χ4v) is 4.38. The van der Waals surface area contributed by atoms with E-state index >= 15 is 0 Å². The van der Waals surface area contributed by atoms with E-state index in [2.05, 4.69) is 21.1 Å². The van der Waals surface area contributed by atoms with Crippen molar-refractivity contribution in [1.82, 2.24) is 4.98 Å². The van der Waals surface area contributed by atoms with Gasteiger partial charge in [-0.3, -0.25) is 9.76 Å². The van der Waals surface area contributed by atoms with Gasteiger partial charge in [-0.1, -0.05) is 11.6 Å². The Balaban J connectivity index is 1.88. The molecular formula is C18H17ClN4OS. The van der Waals surface area contributed by atoms with Crippen molar-refractivity contribution in [3.63, 3.8) is 0 Å². The Morgan fingerprint density at radius 3 is 3.00 bits per heavy atom. The molecule has 4 rings (SSSR count). The molecule has 0 saturated carbocycles. The fraction of sp³-hybridized carbons (Fsp3) is 0.167. The van der Waals surface area contributed by atoms with Crippen LogP contribution in [-0.4, -0.2) is 25.2 Å². The Bertz CT molecular complexity index is 992. The number of anilines is 2. The molecule has 0 amide bonds. The van der Waals surface area contributed by atoms with Crippen molar-refractivity contribution in [3.05, 3.63) is 47.6 Å². The number of hydrogen-bond donors (Lipinski definition) is 3. The van der Waals surface area contributed by atoms with Gasteiger partial charge in [0.2, 0.25) is 0 Å². The molecule has 7 heteroatoms. The highest BCUT2D eigenvalue weighted by Crippen LogP contribution is 2.44. The van der Waals surface area contributed by atoms with E-state index in [1.54, 1.807) is 13.3 Å². The predicted molar refractivity (Wildman–Crippen MR) is 105 cm³/mol. The maximum absolute atomic E-state index is 8.47. The molecule has 128 valence electrons. The molecule has 0 fully saturated rings. The molecule has 0 bridgehead atoms. The number of benzene rings is 2. The SMILES string of the molecule is COCCNc1ccc2c(c1)-c1cc(Cl)c3cccnc3c1NS2=N. The summed E-state index contributed by atoms with van der Waals surface area (Å²) in [6, 6.07) is 11.8. The lowest BCUT2D eigenvalue weighted by molar-refractivity contribution is 0.211. The number of ether oxygens (including phenoxy) is 1. The van der Waals surface area contributed by atoms with Crippen LogP contribution in [0.3, 0.4) is 0 Å². The van der Waals surface area contributed by atoms with Crippen molar-refractivity contribution in [2.24, 2.45) is 0 Å². The zero-order valence-corrected chi connectivity index (χ0v) is 15.2. The summed E-state index contributed by atoms with van der Waals surface area (Å²) in [5, 5.41) is 4.90. The quantitative estimate of drug-likeness (QED) is 0.581. The predicted octanol–water partition coefficient (Wildman–Crippen LogP) is 4.69. The molecule has 0 spiro atoms. The van der Waals surface area contributed by atoms with Gasteiger partial charge in [0.05, 0.1) is 22.8 Å². The first-order valence-corrected chi connectivity index (χ1v) is 9.46. The van der Waals surface area contributed by atoms with Gasteiger partial charge < -0.3 is 14.8 Å². The maximum atomic E-state index is 8.47. The minimum Gasteiger partial charge on any atom is -0.383 e. The summed E-state index contributed by atoms with van der Waals surface area (Å²) in [5.74, 6) is 0. The number of pyridine rings is 1. The Morgan fingerprint density at radius 2 is 2.16 bits per heavy atom. The Hall–Kier alpha value is -2.15. The zero-order chi connectivity index (χ0) is 17.4. The molecule has 25 heavy (non-hydrogen) atoms. The minimum absolute atomic E-state index is 0.637. The zero-order valence-electron chi connectivity index (χ0n) is 13.6. The second kappa shape index (κ2) is 6.63. The van der Waals surface area contributed by atoms with E-state index in [0.717, 1.165) is 44.8 Å². The van der Waals surface area contributed by atoms with Crippen molar-refractivity contribution >= 4 is 44.8 Å². The summed E-state index contributed by atoms with van der Waals surface area (Å²) >= 11 is 6.49. The average molecular weight is 373 g/mol. The van der Waals surface area contributed by atoms with Crippen LogP contribution in [0, 0.1) is 4.78 Å². The molecule has 1 aliphatic heterocycles. The molecule has 0 saturated heterocycles. The van der Waals surface area contributed by atoms with E-state index in [-0.39, 0.29) is 0 Å². The lowest BCUT2D eigenvalue weighted by atomic mass is 10.00. The van der Waals surface area contributed by atoms with Crippen molar-refractivity contribution in [2.45, 2.75) is 4.90 Å². The summed E-state index contributed by atoms with van der Waals surface area (Å²) in [5.41, 5.74) is 4.68. The Morgan fingerprint density at radius 1 is 1.28 bits per heavy atom. The molecular weight excluding hydrogens is 356 g/mol. The first-order chi connectivity index (χ1) is 12.2. The Kier molecular flexibility index (Phi) is 4.33. The first kappa shape index (κ1) is 16.3. The van der Waals surface area contributed by atoms with Gasteiger partial charge >= 0.3 is 0 Å². The van der Waals surface area contributed by atoms with Crippen LogP contribution in [0.25, 0.3) is 22.0 Å². The highest BCUT2D eigenvalue weighted by atomic mass is 35.5. The van der Waals surface area contributed by atoms with Gasteiger partial charge in [-0.05, 0) is 36.4 Å². The largest absolute Gasteiger partial charge is 0.383 e. The third-order valence-electron chi connectivity index (χ3n) is 4.17. The standard InChI is InChI=1S/C18H17ClN4OS/c1-24-8-7-21-11-4-5-16-13(9-11)14-10-15(19)12-3-2-6-22-17(12)18(14)23-25(16)20/h2-6,9-10,21H,7-8H2,1H3,(H2,20,23). The lowest BCUT2D eigenvalue weighted by Gasteiger charge is -2.25. The molecule has 3 aromatic rings. The van der Waals surface area contributed by atoms with E-state index in [4.69, 9.17) is 21.1 Å². The molecule has 0 aliphatic carbocycles. The van der Waals surface area contributed by atoms with E-state index < -0.39 is 10.9 Å². The molecule has 1 atom stereocenters. The Labute approximate surface area is 153 Å². The van der Waals surface area contributed by atoms with Crippen LogP contribution in [0.1, 0.15) is 0 Å². The molecule has 1 aliphatic rings. The number of hydrogen-bond acceptors (Lipinski definition) is 4. The lowest BCUT2D eigenvalue weighted by Crippen LogP contribution is -2.13. The number of methoxy groups -OCH3 is 1. The van der Waals surface area contributed by atoms with Gasteiger partial charge in [0.25, 0.3) is 0 Å². The van der Waals surface area contributed by atoms with E-state index in [1.807, 2.05) is 30.3 Å². The van der Waals surface area contributed by atoms with Crippen LogP contribution in [0.2, 0.25) is 5.02 Å². The highest BCUT2D eigenvalue weighted by molar-refractivity contribution is 7.87. The molecule has 2 heterocycles. The summed E-state index contributed by atoms with van der Waals surface area (Å²) in [4.78, 5) is 5.44. The van der Waals surface area contributed by atoms with Gasteiger partial charge in [-0.15, -0.1) is 0 Å². The molecule has 1 aromatic heterocycles. The number of aromatic nitrogens is 1. The van der Waals surface area contributed by atoms with Gasteiger partial charge in [-0.2, -0.15) is 0 Å². The smallest absolute Gasteiger partial charge is 0.0963 e. The minimum atomic E-state index is -0.840. The second-order valence-corrected chi connectivity index (χ2v) is 7.38. The van der Waals surface area contributed by atoms with Gasteiger partial charge in [0.15, 0.2) is 0 Å². The maximum Gasteiger partial charge on any atom is 0.0963 e. The van der Waals surface area contributed by atoms with Crippen molar-refractivity contribution < 1.29 is 4.74 Å². The number of fused-ring (bicyclic) bond motifs is 5. The van der Waals surface area contributed by atoms with E-state index in [9.17, 15) is 0 Å². The summed E-state index contributed by atoms with van der Waals surface area (Å²) < 4.78 is 16.8. The van der Waals surface area contributed by atoms with Crippen LogP contribution in [0.5, 0.6) is 0 Å². The molecule has 1 unspecified atom stereocenters. The van der Waals surface area contributed by atoms with Crippen molar-refractivity contribution in [1.29, 1.82) is 4.78 Å². The van der Waals surface area contributed by atoms with Crippen LogP contribution in [0.15, 0.2) is 47.5 Å². The molecule has 2 aromatic carbocycles. The number of rotatable bonds is 4. The summed E-state index contributed by atoms with van der Waals surface area (Å²) in [6.45, 7) is 1.37. The van der Waals surface area contributed by atoms with Crippen LogP contribution >= 0.6 is 11.6 Å². The molecule has 5 nitrogen and oxygen atoms in total.